The Morgan fingerprint density at radius 2 is 1.92 bits per heavy atom. The lowest BCUT2D eigenvalue weighted by Crippen LogP contribution is -2.35. The second kappa shape index (κ2) is 7.07. The zero-order chi connectivity index (χ0) is 17.1. The minimum absolute atomic E-state index is 0.0136. The van der Waals surface area contributed by atoms with E-state index in [4.69, 9.17) is 4.74 Å². The molecule has 0 aliphatic carbocycles. The standard InChI is InChI=1S/C18H18F2N2O2/c1-22-8-9-24-17(11-22)12-2-5-14(6-3-12)21-18(23)13-4-7-15(19)16(20)10-13/h2-7,10,17H,8-9,11H2,1H3,(H,21,23). The van der Waals surface area contributed by atoms with Gasteiger partial charge >= 0.3 is 0 Å². The Kier molecular flexibility index (Phi) is 4.87. The minimum atomic E-state index is -1.04. The van der Waals surface area contributed by atoms with E-state index < -0.39 is 17.5 Å². The molecule has 1 fully saturated rings. The number of carbonyl (C=O) groups is 1. The van der Waals surface area contributed by atoms with Crippen LogP contribution in [0.25, 0.3) is 0 Å². The molecule has 1 amide bonds. The van der Waals surface area contributed by atoms with Gasteiger partial charge in [-0.25, -0.2) is 8.78 Å². The zero-order valence-corrected chi connectivity index (χ0v) is 13.3. The molecule has 6 heteroatoms. The van der Waals surface area contributed by atoms with Crippen molar-refractivity contribution in [1.82, 2.24) is 4.90 Å². The molecule has 1 saturated heterocycles. The summed E-state index contributed by atoms with van der Waals surface area (Å²) in [5.41, 5.74) is 1.68. The second-order valence-corrected chi connectivity index (χ2v) is 5.83. The molecule has 3 rings (SSSR count). The number of anilines is 1. The number of morpholine rings is 1. The van der Waals surface area contributed by atoms with Gasteiger partial charge in [-0.05, 0) is 42.9 Å². The summed E-state index contributed by atoms with van der Waals surface area (Å²) >= 11 is 0. The second-order valence-electron chi connectivity index (χ2n) is 5.83. The quantitative estimate of drug-likeness (QED) is 0.938. The first kappa shape index (κ1) is 16.5. The summed E-state index contributed by atoms with van der Waals surface area (Å²) in [6.07, 6.45) is 0.0136. The molecule has 0 bridgehead atoms. The number of hydrogen-bond donors (Lipinski definition) is 1. The summed E-state index contributed by atoms with van der Waals surface area (Å²) in [7, 11) is 2.05. The predicted octanol–water partition coefficient (Wildman–Crippen LogP) is 3.22. The first-order valence-corrected chi connectivity index (χ1v) is 7.69. The van der Waals surface area contributed by atoms with Crippen LogP contribution in [0.1, 0.15) is 22.0 Å². The maximum atomic E-state index is 13.2. The summed E-state index contributed by atoms with van der Waals surface area (Å²) in [6.45, 7) is 2.43. The van der Waals surface area contributed by atoms with Gasteiger partial charge in [-0.3, -0.25) is 4.79 Å². The predicted molar refractivity (Wildman–Crippen MR) is 86.9 cm³/mol. The Bertz CT molecular complexity index is 734. The Balaban J connectivity index is 1.67. The molecule has 2 aromatic carbocycles. The Labute approximate surface area is 139 Å². The summed E-state index contributed by atoms with van der Waals surface area (Å²) < 4.78 is 31.9. The van der Waals surface area contributed by atoms with Gasteiger partial charge < -0.3 is 15.0 Å². The molecule has 1 aliphatic heterocycles. The molecule has 1 N–H and O–H groups in total. The molecule has 0 spiro atoms. The number of nitrogens with one attached hydrogen (secondary N) is 1. The highest BCUT2D eigenvalue weighted by molar-refractivity contribution is 6.04. The Hall–Kier alpha value is -2.31. The number of ether oxygens (including phenoxy) is 1. The first-order chi connectivity index (χ1) is 11.5. The highest BCUT2D eigenvalue weighted by Crippen LogP contribution is 2.23. The molecule has 1 aliphatic rings. The number of halogens is 2. The van der Waals surface area contributed by atoms with E-state index in [0.29, 0.717) is 12.3 Å². The third kappa shape index (κ3) is 3.77. The normalized spacial score (nSPS) is 18.4. The van der Waals surface area contributed by atoms with Crippen molar-refractivity contribution < 1.29 is 18.3 Å². The lowest BCUT2D eigenvalue weighted by atomic mass is 10.1. The van der Waals surface area contributed by atoms with Crippen LogP contribution >= 0.6 is 0 Å². The molecule has 0 saturated carbocycles. The largest absolute Gasteiger partial charge is 0.371 e. The number of carbonyl (C=O) groups excluding carboxylic acids is 1. The SMILES string of the molecule is CN1CCOC(c2ccc(NC(=O)c3ccc(F)c(F)c3)cc2)C1. The van der Waals surface area contributed by atoms with Gasteiger partial charge in [0.15, 0.2) is 11.6 Å². The van der Waals surface area contributed by atoms with E-state index in [-0.39, 0.29) is 11.7 Å². The Morgan fingerprint density at radius 3 is 2.58 bits per heavy atom. The Morgan fingerprint density at radius 1 is 1.17 bits per heavy atom. The van der Waals surface area contributed by atoms with E-state index in [9.17, 15) is 13.6 Å². The van der Waals surface area contributed by atoms with Gasteiger partial charge in [-0.15, -0.1) is 0 Å². The number of amides is 1. The van der Waals surface area contributed by atoms with Gasteiger partial charge in [0.2, 0.25) is 0 Å². The maximum absolute atomic E-state index is 13.2. The fraction of sp³-hybridized carbons (Fsp3) is 0.278. The highest BCUT2D eigenvalue weighted by atomic mass is 19.2. The van der Waals surface area contributed by atoms with Crippen LogP contribution in [-0.2, 0) is 4.74 Å². The van der Waals surface area contributed by atoms with Crippen LogP contribution in [0, 0.1) is 11.6 Å². The van der Waals surface area contributed by atoms with Gasteiger partial charge in [0.05, 0.1) is 12.7 Å². The van der Waals surface area contributed by atoms with Crippen molar-refractivity contribution in [3.05, 3.63) is 65.2 Å². The third-order valence-electron chi connectivity index (χ3n) is 3.99. The zero-order valence-electron chi connectivity index (χ0n) is 13.3. The van der Waals surface area contributed by atoms with Crippen molar-refractivity contribution in [3.63, 3.8) is 0 Å². The molecule has 0 aromatic heterocycles. The van der Waals surface area contributed by atoms with E-state index >= 15 is 0 Å². The molecule has 126 valence electrons. The van der Waals surface area contributed by atoms with Gasteiger partial charge in [-0.1, -0.05) is 12.1 Å². The average Bonchev–Trinajstić information content (AvgIpc) is 2.58. The van der Waals surface area contributed by atoms with E-state index in [1.54, 1.807) is 12.1 Å². The summed E-state index contributed by atoms with van der Waals surface area (Å²) in [5, 5.41) is 2.66. The fourth-order valence-electron chi connectivity index (χ4n) is 2.60. The topological polar surface area (TPSA) is 41.6 Å². The molecule has 1 unspecified atom stereocenters. The van der Waals surface area contributed by atoms with Crippen LogP contribution in [0.3, 0.4) is 0 Å². The number of nitrogens with zero attached hydrogens (tertiary/aromatic N) is 1. The minimum Gasteiger partial charge on any atom is -0.371 e. The average molecular weight is 332 g/mol. The van der Waals surface area contributed by atoms with Crippen molar-refractivity contribution in [1.29, 1.82) is 0 Å². The summed E-state index contributed by atoms with van der Waals surface area (Å²) in [5.74, 6) is -2.51. The fourth-order valence-corrected chi connectivity index (χ4v) is 2.60. The molecule has 24 heavy (non-hydrogen) atoms. The van der Waals surface area contributed by atoms with E-state index in [1.807, 2.05) is 19.2 Å². The lowest BCUT2D eigenvalue weighted by Gasteiger charge is -2.30. The third-order valence-corrected chi connectivity index (χ3v) is 3.99. The van der Waals surface area contributed by atoms with Crippen LogP contribution in [0.2, 0.25) is 0 Å². The van der Waals surface area contributed by atoms with Crippen LogP contribution < -0.4 is 5.32 Å². The van der Waals surface area contributed by atoms with E-state index in [1.165, 1.54) is 6.07 Å². The van der Waals surface area contributed by atoms with Gasteiger partial charge in [0, 0.05) is 24.3 Å². The number of benzene rings is 2. The van der Waals surface area contributed by atoms with Gasteiger partial charge in [-0.2, -0.15) is 0 Å². The van der Waals surface area contributed by atoms with Crippen molar-refractivity contribution in [2.75, 3.05) is 32.1 Å². The van der Waals surface area contributed by atoms with Crippen LogP contribution in [-0.4, -0.2) is 37.6 Å². The van der Waals surface area contributed by atoms with Crippen molar-refractivity contribution in [2.24, 2.45) is 0 Å². The van der Waals surface area contributed by atoms with E-state index in [2.05, 4.69) is 10.2 Å². The summed E-state index contributed by atoms with van der Waals surface area (Å²) in [4.78, 5) is 14.3. The van der Waals surface area contributed by atoms with Crippen LogP contribution in [0.4, 0.5) is 14.5 Å². The van der Waals surface area contributed by atoms with Crippen molar-refractivity contribution in [2.45, 2.75) is 6.10 Å². The first-order valence-electron chi connectivity index (χ1n) is 7.69. The van der Waals surface area contributed by atoms with Crippen LogP contribution in [0.5, 0.6) is 0 Å². The van der Waals surface area contributed by atoms with Crippen LogP contribution in [0.15, 0.2) is 42.5 Å². The summed E-state index contributed by atoms with van der Waals surface area (Å²) in [6, 6.07) is 10.4. The molecule has 4 nitrogen and oxygen atoms in total. The molecule has 1 heterocycles. The van der Waals surface area contributed by atoms with Gasteiger partial charge in [0.1, 0.15) is 0 Å². The van der Waals surface area contributed by atoms with Crippen molar-refractivity contribution in [3.8, 4) is 0 Å². The molecular formula is C18H18F2N2O2. The number of hydrogen-bond acceptors (Lipinski definition) is 3. The number of likely N-dealkylation sites (N-methyl/N-ethyl adjacent to an activating group) is 1. The highest BCUT2D eigenvalue weighted by Gasteiger charge is 2.19. The number of rotatable bonds is 3. The molecule has 0 radical (unpaired) electrons. The lowest BCUT2D eigenvalue weighted by molar-refractivity contribution is -0.0208. The molecule has 1 atom stereocenters. The van der Waals surface area contributed by atoms with Crippen molar-refractivity contribution >= 4 is 11.6 Å². The van der Waals surface area contributed by atoms with Gasteiger partial charge in [0.25, 0.3) is 5.91 Å². The molecule has 2 aromatic rings. The smallest absolute Gasteiger partial charge is 0.255 e. The monoisotopic (exact) mass is 332 g/mol. The van der Waals surface area contributed by atoms with E-state index in [0.717, 1.165) is 30.8 Å². The molecular weight excluding hydrogens is 314 g/mol. The maximum Gasteiger partial charge on any atom is 0.255 e.